The molecule has 4 nitrogen and oxygen atoms in total. The zero-order valence-electron chi connectivity index (χ0n) is 11.0. The molecule has 1 amide bonds. The van der Waals surface area contributed by atoms with E-state index in [9.17, 15) is 4.79 Å². The molecule has 1 heterocycles. The van der Waals surface area contributed by atoms with Crippen molar-refractivity contribution in [1.82, 2.24) is 9.62 Å². The van der Waals surface area contributed by atoms with E-state index in [4.69, 9.17) is 5.14 Å². The van der Waals surface area contributed by atoms with Crippen molar-refractivity contribution in [2.45, 2.75) is 19.3 Å². The number of carbonyl (C=O) groups is 1. The first-order valence-electron chi connectivity index (χ1n) is 6.74. The Hall–Kier alpha value is -1.04. The van der Waals surface area contributed by atoms with E-state index in [0.717, 1.165) is 44.5 Å². The van der Waals surface area contributed by atoms with Gasteiger partial charge >= 0.3 is 0 Å². The Kier molecular flexibility index (Phi) is 5.69. The van der Waals surface area contributed by atoms with Crippen LogP contribution in [0.15, 0.2) is 30.3 Å². The molecular formula is C14H21N3OS. The summed E-state index contributed by atoms with van der Waals surface area (Å²) in [4.78, 5) is 14.2. The van der Waals surface area contributed by atoms with Crippen molar-refractivity contribution in [1.29, 1.82) is 0 Å². The molecule has 1 saturated heterocycles. The first-order chi connectivity index (χ1) is 9.31. The van der Waals surface area contributed by atoms with E-state index in [1.54, 1.807) is 0 Å². The molecular weight excluding hydrogens is 258 g/mol. The van der Waals surface area contributed by atoms with Gasteiger partial charge in [0, 0.05) is 37.3 Å². The van der Waals surface area contributed by atoms with Crippen LogP contribution in [-0.4, -0.2) is 30.4 Å². The summed E-state index contributed by atoms with van der Waals surface area (Å²) in [5.41, 5.74) is 0.794. The quantitative estimate of drug-likeness (QED) is 0.640. The average Bonchev–Trinajstić information content (AvgIpc) is 2.48. The van der Waals surface area contributed by atoms with E-state index in [0.29, 0.717) is 5.92 Å². The lowest BCUT2D eigenvalue weighted by Crippen LogP contribution is -2.38. The van der Waals surface area contributed by atoms with Crippen molar-refractivity contribution in [3.05, 3.63) is 35.9 Å². The topological polar surface area (TPSA) is 58.4 Å². The second-order valence-corrected chi connectivity index (χ2v) is 5.43. The van der Waals surface area contributed by atoms with Crippen LogP contribution in [0.25, 0.3) is 0 Å². The maximum Gasteiger partial charge on any atom is 0.253 e. The maximum absolute atomic E-state index is 12.3. The molecule has 0 unspecified atom stereocenters. The van der Waals surface area contributed by atoms with E-state index in [1.807, 2.05) is 35.2 Å². The van der Waals surface area contributed by atoms with Crippen LogP contribution in [0, 0.1) is 5.92 Å². The summed E-state index contributed by atoms with van der Waals surface area (Å²) in [6.07, 6.45) is 3.32. The molecule has 5 heteroatoms. The Morgan fingerprint density at radius 2 is 2.00 bits per heavy atom. The number of benzene rings is 1. The molecule has 1 aromatic carbocycles. The van der Waals surface area contributed by atoms with Gasteiger partial charge in [0.15, 0.2) is 0 Å². The summed E-state index contributed by atoms with van der Waals surface area (Å²) in [7, 11) is 0. The first kappa shape index (κ1) is 14.4. The van der Waals surface area contributed by atoms with Gasteiger partial charge in [-0.3, -0.25) is 14.7 Å². The molecule has 1 aliphatic rings. The van der Waals surface area contributed by atoms with Crippen LogP contribution >= 0.6 is 12.1 Å². The average molecular weight is 279 g/mol. The summed E-state index contributed by atoms with van der Waals surface area (Å²) in [5, 5.41) is 5.32. The number of amides is 1. The predicted octanol–water partition coefficient (Wildman–Crippen LogP) is 2.04. The molecule has 104 valence electrons. The fraction of sp³-hybridized carbons (Fsp3) is 0.500. The van der Waals surface area contributed by atoms with Crippen molar-refractivity contribution in [3.8, 4) is 0 Å². The summed E-state index contributed by atoms with van der Waals surface area (Å²) in [6, 6.07) is 9.53. The zero-order valence-corrected chi connectivity index (χ0v) is 11.9. The van der Waals surface area contributed by atoms with E-state index in [1.165, 1.54) is 12.1 Å². The lowest BCUT2D eigenvalue weighted by atomic mass is 9.93. The minimum Gasteiger partial charge on any atom is -0.339 e. The van der Waals surface area contributed by atoms with Gasteiger partial charge in [-0.15, -0.1) is 0 Å². The molecule has 1 aliphatic heterocycles. The van der Waals surface area contributed by atoms with Crippen molar-refractivity contribution in [3.63, 3.8) is 0 Å². The molecule has 0 bridgehead atoms. The van der Waals surface area contributed by atoms with Gasteiger partial charge in [0.2, 0.25) is 0 Å². The highest BCUT2D eigenvalue weighted by molar-refractivity contribution is 7.95. The fourth-order valence-corrected chi connectivity index (χ4v) is 2.75. The van der Waals surface area contributed by atoms with Gasteiger partial charge in [-0.25, -0.2) is 0 Å². The molecule has 3 N–H and O–H groups in total. The summed E-state index contributed by atoms with van der Waals surface area (Å²) >= 11 is 1.18. The zero-order chi connectivity index (χ0) is 13.5. The highest BCUT2D eigenvalue weighted by Gasteiger charge is 2.23. The Labute approximate surface area is 119 Å². The van der Waals surface area contributed by atoms with E-state index in [-0.39, 0.29) is 5.91 Å². The minimum atomic E-state index is 0.162. The van der Waals surface area contributed by atoms with Crippen LogP contribution in [0.2, 0.25) is 0 Å². The highest BCUT2D eigenvalue weighted by Crippen LogP contribution is 2.21. The first-order valence-corrected chi connectivity index (χ1v) is 7.62. The van der Waals surface area contributed by atoms with Gasteiger partial charge in [0.1, 0.15) is 0 Å². The predicted molar refractivity (Wildman–Crippen MR) is 79.5 cm³/mol. The third-order valence-electron chi connectivity index (χ3n) is 3.66. The molecule has 2 rings (SSSR count). The number of nitrogens with two attached hydrogens (primary N) is 1. The number of carbonyl (C=O) groups excluding carboxylic acids is 1. The Balaban J connectivity index is 1.78. The molecule has 0 radical (unpaired) electrons. The lowest BCUT2D eigenvalue weighted by Gasteiger charge is -2.32. The third-order valence-corrected chi connectivity index (χ3v) is 4.03. The Morgan fingerprint density at radius 1 is 1.32 bits per heavy atom. The van der Waals surface area contributed by atoms with Gasteiger partial charge in [0.25, 0.3) is 5.91 Å². The highest BCUT2D eigenvalue weighted by atomic mass is 32.2. The second-order valence-electron chi connectivity index (χ2n) is 4.90. The molecule has 0 aromatic heterocycles. The van der Waals surface area contributed by atoms with Gasteiger partial charge in [0.05, 0.1) is 0 Å². The van der Waals surface area contributed by atoms with Gasteiger partial charge in [-0.2, -0.15) is 0 Å². The van der Waals surface area contributed by atoms with Crippen molar-refractivity contribution in [2.24, 2.45) is 11.1 Å². The van der Waals surface area contributed by atoms with Crippen molar-refractivity contribution >= 4 is 18.0 Å². The van der Waals surface area contributed by atoms with Crippen LogP contribution in [0.3, 0.4) is 0 Å². The molecule has 0 spiro atoms. The second kappa shape index (κ2) is 7.53. The normalized spacial score (nSPS) is 16.6. The molecule has 0 saturated carbocycles. The van der Waals surface area contributed by atoms with Crippen LogP contribution in [0.1, 0.15) is 29.6 Å². The van der Waals surface area contributed by atoms with E-state index >= 15 is 0 Å². The standard InChI is InChI=1S/C14H21N3OS/c15-19-16-9-6-12-7-10-17(11-8-12)14(18)13-4-2-1-3-5-13/h1-5,12,16H,6-11,15H2. The minimum absolute atomic E-state index is 0.162. The van der Waals surface area contributed by atoms with Crippen LogP contribution < -0.4 is 9.86 Å². The van der Waals surface area contributed by atoms with Crippen LogP contribution in [0.5, 0.6) is 0 Å². The molecule has 0 aliphatic carbocycles. The smallest absolute Gasteiger partial charge is 0.253 e. The number of likely N-dealkylation sites (tertiary alicyclic amines) is 1. The molecule has 1 fully saturated rings. The number of hydrogen-bond acceptors (Lipinski definition) is 4. The van der Waals surface area contributed by atoms with Gasteiger partial charge in [-0.05, 0) is 37.3 Å². The van der Waals surface area contributed by atoms with E-state index < -0.39 is 0 Å². The number of piperidine rings is 1. The fourth-order valence-electron chi connectivity index (χ4n) is 2.51. The lowest BCUT2D eigenvalue weighted by molar-refractivity contribution is 0.0687. The van der Waals surface area contributed by atoms with Gasteiger partial charge < -0.3 is 4.90 Å². The number of nitrogens with zero attached hydrogens (tertiary/aromatic N) is 1. The number of hydrogen-bond donors (Lipinski definition) is 2. The Morgan fingerprint density at radius 3 is 2.63 bits per heavy atom. The molecule has 1 aromatic rings. The largest absolute Gasteiger partial charge is 0.339 e. The van der Waals surface area contributed by atoms with E-state index in [2.05, 4.69) is 4.72 Å². The molecule has 19 heavy (non-hydrogen) atoms. The molecule has 0 atom stereocenters. The third kappa shape index (κ3) is 4.23. The summed E-state index contributed by atoms with van der Waals surface area (Å²) in [5.74, 6) is 0.870. The SMILES string of the molecule is NSNCCC1CCN(C(=O)c2ccccc2)CC1. The summed E-state index contributed by atoms with van der Waals surface area (Å²) < 4.78 is 3.07. The van der Waals surface area contributed by atoms with Crippen LogP contribution in [-0.2, 0) is 0 Å². The van der Waals surface area contributed by atoms with Gasteiger partial charge in [-0.1, -0.05) is 18.2 Å². The monoisotopic (exact) mass is 279 g/mol. The van der Waals surface area contributed by atoms with Crippen molar-refractivity contribution < 1.29 is 4.79 Å². The number of rotatable bonds is 5. The Bertz CT molecular complexity index is 391. The van der Waals surface area contributed by atoms with Crippen molar-refractivity contribution in [2.75, 3.05) is 19.6 Å². The van der Waals surface area contributed by atoms with Crippen LogP contribution in [0.4, 0.5) is 0 Å². The maximum atomic E-state index is 12.3. The number of nitrogens with one attached hydrogen (secondary N) is 1. The summed E-state index contributed by atoms with van der Waals surface area (Å²) in [6.45, 7) is 2.68.